The third-order valence-corrected chi connectivity index (χ3v) is 2.32. The van der Waals surface area contributed by atoms with Crippen LogP contribution in [0.15, 0.2) is 29.3 Å². The summed E-state index contributed by atoms with van der Waals surface area (Å²) in [7, 11) is 0. The molecule has 1 aromatic carbocycles. The Kier molecular flexibility index (Phi) is 2.87. The van der Waals surface area contributed by atoms with Gasteiger partial charge in [-0.25, -0.2) is 15.8 Å². The third kappa shape index (κ3) is 1.90. The lowest BCUT2D eigenvalue weighted by Gasteiger charge is -2.22. The van der Waals surface area contributed by atoms with Crippen LogP contribution in [0.2, 0.25) is 0 Å². The molecule has 0 unspecified atom stereocenters. The number of hydrogen-bond donors (Lipinski definition) is 1. The van der Waals surface area contributed by atoms with E-state index in [4.69, 9.17) is 10.6 Å². The molecule has 2 N–H and O–H groups in total. The molecule has 2 rings (SSSR count). The topological polar surface area (TPSA) is 67.9 Å². The molecule has 0 spiro atoms. The lowest BCUT2D eigenvalue weighted by molar-refractivity contribution is -0.127. The summed E-state index contributed by atoms with van der Waals surface area (Å²) in [5.74, 6) is 6.60. The summed E-state index contributed by atoms with van der Waals surface area (Å²) in [5.41, 5.74) is 0.697. The number of benzene rings is 1. The van der Waals surface area contributed by atoms with Crippen LogP contribution >= 0.6 is 0 Å². The molecule has 5 heteroatoms. The highest BCUT2D eigenvalue weighted by molar-refractivity contribution is 6.00. The van der Waals surface area contributed by atoms with Crippen LogP contribution in [0.4, 0.5) is 5.69 Å². The number of nitrogens with two attached hydrogens (primary N) is 1. The molecule has 1 aliphatic rings. The molecule has 0 aliphatic carbocycles. The van der Waals surface area contributed by atoms with E-state index >= 15 is 0 Å². The van der Waals surface area contributed by atoms with E-state index in [1.807, 2.05) is 24.3 Å². The van der Waals surface area contributed by atoms with E-state index in [0.717, 1.165) is 5.01 Å². The minimum absolute atomic E-state index is 0.179. The number of para-hydroxylation sites is 2. The highest BCUT2D eigenvalue weighted by Crippen LogP contribution is 2.29. The first-order valence-corrected chi connectivity index (χ1v) is 5.09. The summed E-state index contributed by atoms with van der Waals surface area (Å²) >= 11 is 0. The number of rotatable bonds is 1. The average molecular weight is 219 g/mol. The lowest BCUT2D eigenvalue weighted by Crippen LogP contribution is -2.45. The van der Waals surface area contributed by atoms with Crippen molar-refractivity contribution in [3.63, 3.8) is 0 Å². The summed E-state index contributed by atoms with van der Waals surface area (Å²) in [6, 6.07) is 7.38. The van der Waals surface area contributed by atoms with Crippen LogP contribution < -0.4 is 10.6 Å². The average Bonchev–Trinajstić information content (AvgIpc) is 2.36. The van der Waals surface area contributed by atoms with Crippen LogP contribution in [0, 0.1) is 0 Å². The van der Waals surface area contributed by atoms with Gasteiger partial charge in [0.1, 0.15) is 18.0 Å². The van der Waals surface area contributed by atoms with Gasteiger partial charge >= 0.3 is 0 Å². The van der Waals surface area contributed by atoms with Crippen LogP contribution in [0.25, 0.3) is 0 Å². The maximum absolute atomic E-state index is 11.4. The summed E-state index contributed by atoms with van der Waals surface area (Å²) in [5, 5.41) is 1.05. The molecule has 0 radical (unpaired) electrons. The van der Waals surface area contributed by atoms with Crippen molar-refractivity contribution >= 4 is 17.4 Å². The van der Waals surface area contributed by atoms with Crippen molar-refractivity contribution in [2.24, 2.45) is 10.8 Å². The highest BCUT2D eigenvalue weighted by atomic mass is 16.5. The number of fused-ring (bicyclic) bond motifs is 1. The third-order valence-electron chi connectivity index (χ3n) is 2.32. The molecule has 84 valence electrons. The lowest BCUT2D eigenvalue weighted by atomic mass is 10.3. The van der Waals surface area contributed by atoms with Crippen molar-refractivity contribution in [1.29, 1.82) is 0 Å². The van der Waals surface area contributed by atoms with Gasteiger partial charge in [-0.2, -0.15) is 0 Å². The Morgan fingerprint density at radius 2 is 2.31 bits per heavy atom. The van der Waals surface area contributed by atoms with Gasteiger partial charge in [0, 0.05) is 6.42 Å². The van der Waals surface area contributed by atoms with E-state index in [9.17, 15) is 4.79 Å². The monoisotopic (exact) mass is 219 g/mol. The second-order valence-electron chi connectivity index (χ2n) is 3.40. The number of hydrogen-bond acceptors (Lipinski definition) is 4. The molecule has 0 fully saturated rings. The van der Waals surface area contributed by atoms with Gasteiger partial charge in [-0.05, 0) is 12.1 Å². The first kappa shape index (κ1) is 10.6. The van der Waals surface area contributed by atoms with Crippen LogP contribution in [0.5, 0.6) is 5.75 Å². The molecule has 5 nitrogen and oxygen atoms in total. The minimum atomic E-state index is -0.179. The number of carbonyl (C=O) groups is 1. The zero-order chi connectivity index (χ0) is 11.5. The first-order valence-electron chi connectivity index (χ1n) is 5.09. The van der Waals surface area contributed by atoms with Crippen molar-refractivity contribution in [2.75, 3.05) is 6.61 Å². The molecule has 1 amide bonds. The normalized spacial score (nSPS) is 13.5. The number of amidine groups is 1. The Balaban J connectivity index is 2.27. The van der Waals surface area contributed by atoms with Crippen molar-refractivity contribution in [3.8, 4) is 5.75 Å². The Morgan fingerprint density at radius 1 is 1.56 bits per heavy atom. The SMILES string of the molecule is CCC(=O)N(N)C1=Nc2ccccc2OC1. The Labute approximate surface area is 93.5 Å². The van der Waals surface area contributed by atoms with Crippen molar-refractivity contribution in [1.82, 2.24) is 5.01 Å². The fourth-order valence-electron chi connectivity index (χ4n) is 1.42. The van der Waals surface area contributed by atoms with Gasteiger partial charge in [0.15, 0.2) is 5.84 Å². The second kappa shape index (κ2) is 4.32. The Hall–Kier alpha value is -1.88. The number of carbonyl (C=O) groups excluding carboxylic acids is 1. The molecule has 0 saturated heterocycles. The molecule has 1 aliphatic heterocycles. The highest BCUT2D eigenvalue weighted by Gasteiger charge is 2.19. The van der Waals surface area contributed by atoms with E-state index in [-0.39, 0.29) is 12.5 Å². The van der Waals surface area contributed by atoms with Crippen LogP contribution in [-0.2, 0) is 4.79 Å². The standard InChI is InChI=1S/C11H13N3O2/c1-2-11(15)14(12)10-7-16-9-6-4-3-5-8(9)13-10/h3-6H,2,7,12H2,1H3. The Bertz CT molecular complexity index is 443. The molecule has 1 aromatic rings. The van der Waals surface area contributed by atoms with Gasteiger partial charge in [0.05, 0.1) is 0 Å². The zero-order valence-corrected chi connectivity index (χ0v) is 9.01. The summed E-state index contributed by atoms with van der Waals surface area (Å²) in [6.45, 7) is 1.97. The fraction of sp³-hybridized carbons (Fsp3) is 0.273. The molecule has 0 atom stereocenters. The molecular weight excluding hydrogens is 206 g/mol. The number of hydrazine groups is 1. The van der Waals surface area contributed by atoms with Crippen LogP contribution in [0.3, 0.4) is 0 Å². The summed E-state index contributed by atoms with van der Waals surface area (Å²) < 4.78 is 5.45. The molecule has 1 heterocycles. The predicted octanol–water partition coefficient (Wildman–Crippen LogP) is 1.22. The molecule has 0 aromatic heterocycles. The molecular formula is C11H13N3O2. The van der Waals surface area contributed by atoms with Crippen LogP contribution in [-0.4, -0.2) is 23.4 Å². The molecule has 16 heavy (non-hydrogen) atoms. The van der Waals surface area contributed by atoms with Gasteiger partial charge in [0.25, 0.3) is 0 Å². The van der Waals surface area contributed by atoms with E-state index in [1.54, 1.807) is 6.92 Å². The van der Waals surface area contributed by atoms with Crippen LogP contribution in [0.1, 0.15) is 13.3 Å². The van der Waals surface area contributed by atoms with Gasteiger partial charge in [-0.15, -0.1) is 0 Å². The van der Waals surface area contributed by atoms with Gasteiger partial charge in [-0.1, -0.05) is 19.1 Å². The maximum Gasteiger partial charge on any atom is 0.242 e. The number of ether oxygens (including phenoxy) is 1. The number of amides is 1. The van der Waals surface area contributed by atoms with Crippen molar-refractivity contribution in [3.05, 3.63) is 24.3 Å². The number of aliphatic imine (C=N–C) groups is 1. The largest absolute Gasteiger partial charge is 0.483 e. The van der Waals surface area contributed by atoms with Gasteiger partial charge in [-0.3, -0.25) is 4.79 Å². The smallest absolute Gasteiger partial charge is 0.242 e. The van der Waals surface area contributed by atoms with Crippen molar-refractivity contribution in [2.45, 2.75) is 13.3 Å². The van der Waals surface area contributed by atoms with Gasteiger partial charge in [0.2, 0.25) is 5.91 Å². The zero-order valence-electron chi connectivity index (χ0n) is 9.01. The fourth-order valence-corrected chi connectivity index (χ4v) is 1.42. The van der Waals surface area contributed by atoms with Gasteiger partial charge < -0.3 is 4.74 Å². The quantitative estimate of drug-likeness (QED) is 0.438. The van der Waals surface area contributed by atoms with E-state index < -0.39 is 0 Å². The summed E-state index contributed by atoms with van der Waals surface area (Å²) in [4.78, 5) is 15.7. The predicted molar refractivity (Wildman–Crippen MR) is 60.4 cm³/mol. The van der Waals surface area contributed by atoms with E-state index in [0.29, 0.717) is 23.7 Å². The van der Waals surface area contributed by atoms with Crippen molar-refractivity contribution < 1.29 is 9.53 Å². The maximum atomic E-state index is 11.4. The minimum Gasteiger partial charge on any atom is -0.483 e. The Morgan fingerprint density at radius 3 is 3.06 bits per heavy atom. The van der Waals surface area contributed by atoms with E-state index in [1.165, 1.54) is 0 Å². The first-order chi connectivity index (χ1) is 7.72. The summed E-state index contributed by atoms with van der Waals surface area (Å²) in [6.07, 6.45) is 0.344. The molecule has 0 saturated carbocycles. The molecule has 0 bridgehead atoms. The van der Waals surface area contributed by atoms with E-state index in [2.05, 4.69) is 4.99 Å². The number of nitrogens with zero attached hydrogens (tertiary/aromatic N) is 2. The second-order valence-corrected chi connectivity index (χ2v) is 3.40.